The van der Waals surface area contributed by atoms with Crippen molar-refractivity contribution in [1.82, 2.24) is 5.32 Å². The van der Waals surface area contributed by atoms with Crippen LogP contribution in [0.4, 0.5) is 8.78 Å². The van der Waals surface area contributed by atoms with Gasteiger partial charge < -0.3 is 14.8 Å². The molecule has 1 N–H and O–H groups in total. The molecule has 1 fully saturated rings. The molecule has 2 atom stereocenters. The second-order valence-corrected chi connectivity index (χ2v) is 5.07. The lowest BCUT2D eigenvalue weighted by atomic mass is 9.84. The molecule has 0 amide bonds. The van der Waals surface area contributed by atoms with Gasteiger partial charge in [0.05, 0.1) is 6.61 Å². The maximum atomic E-state index is 12.3. The largest absolute Gasteiger partial charge is 0.465 e. The van der Waals surface area contributed by atoms with E-state index >= 15 is 0 Å². The zero-order valence-electron chi connectivity index (χ0n) is 12.3. The molecular weight excluding hydrogens is 268 g/mol. The first-order valence-corrected chi connectivity index (χ1v) is 7.35. The second kappa shape index (κ2) is 8.52. The molecule has 1 saturated carbocycles. The van der Waals surface area contributed by atoms with E-state index < -0.39 is 18.6 Å². The molecular formula is C14H25F2NO3. The number of hydrogen-bond donors (Lipinski definition) is 1. The first-order chi connectivity index (χ1) is 9.56. The predicted molar refractivity (Wildman–Crippen MR) is 71.8 cm³/mol. The summed E-state index contributed by atoms with van der Waals surface area (Å²) in [6.07, 6.45) is 0.717. The summed E-state index contributed by atoms with van der Waals surface area (Å²) in [5, 5.41) is 3.26. The summed E-state index contributed by atoms with van der Waals surface area (Å²) < 4.78 is 34.2. The number of alkyl halides is 2. The molecule has 0 radical (unpaired) electrons. The van der Waals surface area contributed by atoms with Crippen LogP contribution in [0, 0.1) is 5.92 Å². The number of carbonyl (C=O) groups excluding carboxylic acids is 1. The summed E-state index contributed by atoms with van der Waals surface area (Å²) in [5.74, 6) is -0.141. The minimum atomic E-state index is -2.44. The fourth-order valence-corrected chi connectivity index (χ4v) is 3.02. The molecule has 0 aromatic rings. The molecule has 0 saturated heterocycles. The van der Waals surface area contributed by atoms with Crippen LogP contribution in [-0.2, 0) is 14.3 Å². The number of hydrogen-bond acceptors (Lipinski definition) is 4. The number of carbonyl (C=O) groups is 1. The van der Waals surface area contributed by atoms with E-state index in [1.54, 1.807) is 6.92 Å². The molecule has 0 spiro atoms. The van der Waals surface area contributed by atoms with Crippen LogP contribution >= 0.6 is 0 Å². The number of halogens is 2. The Labute approximate surface area is 119 Å². The zero-order valence-corrected chi connectivity index (χ0v) is 12.3. The molecule has 1 aliphatic carbocycles. The van der Waals surface area contributed by atoms with Gasteiger partial charge in [-0.1, -0.05) is 13.3 Å². The highest BCUT2D eigenvalue weighted by atomic mass is 19.3. The average Bonchev–Trinajstić information content (AvgIpc) is 2.79. The molecule has 0 aliphatic heterocycles. The maximum absolute atomic E-state index is 12.3. The lowest BCUT2D eigenvalue weighted by molar-refractivity contribution is -0.153. The van der Waals surface area contributed by atoms with E-state index in [-0.39, 0.29) is 18.5 Å². The topological polar surface area (TPSA) is 47.6 Å². The van der Waals surface area contributed by atoms with Gasteiger partial charge in [-0.25, -0.2) is 8.78 Å². The van der Waals surface area contributed by atoms with E-state index in [4.69, 9.17) is 9.47 Å². The van der Waals surface area contributed by atoms with Crippen LogP contribution in [0.2, 0.25) is 0 Å². The summed E-state index contributed by atoms with van der Waals surface area (Å²) in [6, 6.07) is 0. The van der Waals surface area contributed by atoms with Crippen molar-refractivity contribution in [2.24, 2.45) is 5.92 Å². The number of rotatable bonds is 9. The van der Waals surface area contributed by atoms with E-state index in [1.165, 1.54) is 0 Å². The molecule has 1 rings (SSSR count). The first-order valence-electron chi connectivity index (χ1n) is 7.35. The molecule has 20 heavy (non-hydrogen) atoms. The highest BCUT2D eigenvalue weighted by Gasteiger charge is 2.49. The van der Waals surface area contributed by atoms with Gasteiger partial charge in [0.15, 0.2) is 0 Å². The third-order valence-electron chi connectivity index (χ3n) is 3.81. The van der Waals surface area contributed by atoms with Crippen molar-refractivity contribution in [2.75, 3.05) is 26.4 Å². The monoisotopic (exact) mass is 293 g/mol. The van der Waals surface area contributed by atoms with Crippen LogP contribution in [-0.4, -0.2) is 44.3 Å². The molecule has 2 unspecified atom stereocenters. The zero-order chi connectivity index (χ0) is 15.0. The summed E-state index contributed by atoms with van der Waals surface area (Å²) in [7, 11) is 0. The second-order valence-electron chi connectivity index (χ2n) is 5.07. The van der Waals surface area contributed by atoms with Crippen molar-refractivity contribution in [1.29, 1.82) is 0 Å². The van der Waals surface area contributed by atoms with Gasteiger partial charge in [-0.15, -0.1) is 0 Å². The maximum Gasteiger partial charge on any atom is 0.326 e. The van der Waals surface area contributed by atoms with E-state index in [1.807, 2.05) is 6.92 Å². The average molecular weight is 293 g/mol. The van der Waals surface area contributed by atoms with Crippen LogP contribution < -0.4 is 5.32 Å². The molecule has 0 aromatic carbocycles. The van der Waals surface area contributed by atoms with E-state index in [0.29, 0.717) is 19.6 Å². The minimum absolute atomic E-state index is 0.0826. The molecule has 0 bridgehead atoms. The number of nitrogens with one attached hydrogen (secondary N) is 1. The Kier molecular flexibility index (Phi) is 7.37. The highest BCUT2D eigenvalue weighted by molar-refractivity contribution is 5.81. The fourth-order valence-electron chi connectivity index (χ4n) is 3.02. The Hall–Kier alpha value is -0.750. The van der Waals surface area contributed by atoms with E-state index in [2.05, 4.69) is 5.32 Å². The molecule has 0 aromatic heterocycles. The fraction of sp³-hybridized carbons (Fsp3) is 0.929. The smallest absolute Gasteiger partial charge is 0.326 e. The Bertz CT molecular complexity index is 302. The Morgan fingerprint density at radius 2 is 2.20 bits per heavy atom. The van der Waals surface area contributed by atoms with Crippen molar-refractivity contribution in [3.8, 4) is 0 Å². The van der Waals surface area contributed by atoms with Gasteiger partial charge in [-0.05, 0) is 38.6 Å². The van der Waals surface area contributed by atoms with Gasteiger partial charge in [0.1, 0.15) is 12.1 Å². The van der Waals surface area contributed by atoms with Gasteiger partial charge in [0.25, 0.3) is 6.43 Å². The Morgan fingerprint density at radius 3 is 2.80 bits per heavy atom. The highest BCUT2D eigenvalue weighted by Crippen LogP contribution is 2.39. The third kappa shape index (κ3) is 4.38. The van der Waals surface area contributed by atoms with Crippen LogP contribution in [0.15, 0.2) is 0 Å². The molecule has 0 heterocycles. The van der Waals surface area contributed by atoms with Crippen molar-refractivity contribution >= 4 is 5.97 Å². The minimum Gasteiger partial charge on any atom is -0.465 e. The molecule has 118 valence electrons. The summed E-state index contributed by atoms with van der Waals surface area (Å²) in [4.78, 5) is 12.3. The summed E-state index contributed by atoms with van der Waals surface area (Å²) in [5.41, 5.74) is -0.668. The van der Waals surface area contributed by atoms with Gasteiger partial charge in [-0.3, -0.25) is 4.79 Å². The first kappa shape index (κ1) is 17.3. The number of ether oxygens (including phenoxy) is 2. The quantitative estimate of drug-likeness (QED) is 0.524. The number of esters is 1. The van der Waals surface area contributed by atoms with Crippen LogP contribution in [0.5, 0.6) is 0 Å². The third-order valence-corrected chi connectivity index (χ3v) is 3.81. The lowest BCUT2D eigenvalue weighted by Crippen LogP contribution is -2.55. The Morgan fingerprint density at radius 1 is 1.45 bits per heavy atom. The Balaban J connectivity index is 2.59. The standard InChI is InChI=1S/C14H25F2NO3/c1-3-17-14(13(18)20-4-2)8-5-6-11(14)7-9-19-10-12(15)16/h11-12,17H,3-10H2,1-2H3. The molecule has 1 aliphatic rings. The molecule has 4 nitrogen and oxygen atoms in total. The number of likely N-dealkylation sites (N-methyl/N-ethyl adjacent to an activating group) is 1. The summed E-state index contributed by atoms with van der Waals surface area (Å²) >= 11 is 0. The van der Waals surface area contributed by atoms with Gasteiger partial charge in [0.2, 0.25) is 0 Å². The summed E-state index contributed by atoms with van der Waals surface area (Å²) in [6.45, 7) is 4.46. The van der Waals surface area contributed by atoms with E-state index in [0.717, 1.165) is 19.3 Å². The van der Waals surface area contributed by atoms with Gasteiger partial charge >= 0.3 is 5.97 Å². The normalized spacial score (nSPS) is 26.1. The van der Waals surface area contributed by atoms with Crippen LogP contribution in [0.1, 0.15) is 39.5 Å². The predicted octanol–water partition coefficient (Wildman–Crippen LogP) is 2.37. The SMILES string of the molecule is CCNC1(C(=O)OCC)CCCC1CCOCC(F)F. The van der Waals surface area contributed by atoms with Crippen molar-refractivity contribution < 1.29 is 23.0 Å². The molecule has 6 heteroatoms. The van der Waals surface area contributed by atoms with Crippen molar-refractivity contribution in [3.63, 3.8) is 0 Å². The van der Waals surface area contributed by atoms with E-state index in [9.17, 15) is 13.6 Å². The van der Waals surface area contributed by atoms with Crippen molar-refractivity contribution in [2.45, 2.75) is 51.5 Å². The van der Waals surface area contributed by atoms with Crippen LogP contribution in [0.3, 0.4) is 0 Å². The van der Waals surface area contributed by atoms with Gasteiger partial charge in [0, 0.05) is 6.61 Å². The lowest BCUT2D eigenvalue weighted by Gasteiger charge is -2.34. The van der Waals surface area contributed by atoms with Crippen LogP contribution in [0.25, 0.3) is 0 Å². The van der Waals surface area contributed by atoms with Crippen molar-refractivity contribution in [3.05, 3.63) is 0 Å². The van der Waals surface area contributed by atoms with Gasteiger partial charge in [-0.2, -0.15) is 0 Å².